The Morgan fingerprint density at radius 3 is 1.83 bits per heavy atom. The molecule has 6 heteroatoms. The largest absolute Gasteiger partial charge is 2.00 e. The summed E-state index contributed by atoms with van der Waals surface area (Å²) in [6.45, 7) is 27.3. The molecule has 7 aromatic carbocycles. The van der Waals surface area contributed by atoms with Crippen molar-refractivity contribution >= 4 is 50.6 Å². The third kappa shape index (κ3) is 9.14. The number of hydrogen-bond acceptors (Lipinski definition) is 2. The summed E-state index contributed by atoms with van der Waals surface area (Å²) in [6, 6.07) is 65.5. The van der Waals surface area contributed by atoms with E-state index < -0.39 is 0 Å². The van der Waals surface area contributed by atoms with Crippen LogP contribution in [0.2, 0.25) is 0 Å². The molecule has 0 bridgehead atoms. The molecule has 0 aliphatic carbocycles. The summed E-state index contributed by atoms with van der Waals surface area (Å²) in [5.41, 5.74) is 15.4. The van der Waals surface area contributed by atoms with Gasteiger partial charge in [-0.1, -0.05) is 184 Å². The normalized spacial score (nSPS) is 13.0. The van der Waals surface area contributed by atoms with Gasteiger partial charge in [0.25, 0.3) is 5.69 Å². The molecule has 0 N–H and O–H groups in total. The number of fused-ring (bicyclic) bond motifs is 4. The standard InChI is InChI=1S/C64H62N4O.Pt/c1-61(2,3)44-23-16-22-43(34-44)53-27-19-29-56-60(53)67(49-36-46(63(7,8)9)35-47(37-49)64(10,11)12)41-66(56)48-24-17-25-50(39-48)69-51-30-31-54-57(40-51)68(58-38-45(32-33-65-58)62(4,5)6)55-28-18-26-52(59(54)55)42-20-14-13-15-21-42;/h13-38H,1-12H3;/q;+2. The number of aromatic nitrogens is 2. The maximum Gasteiger partial charge on any atom is 2.00 e. The van der Waals surface area contributed by atoms with Crippen molar-refractivity contribution in [2.45, 2.75) is 105 Å². The molecule has 0 fully saturated rings. The van der Waals surface area contributed by atoms with Crippen molar-refractivity contribution in [2.24, 2.45) is 0 Å². The van der Waals surface area contributed by atoms with Gasteiger partial charge in [-0.05, 0) is 94.8 Å². The molecule has 0 radical (unpaired) electrons. The quantitative estimate of drug-likeness (QED) is 0.118. The van der Waals surface area contributed by atoms with Crippen LogP contribution in [0, 0.1) is 12.1 Å². The molecular weight excluding hydrogens is 1040 g/mol. The van der Waals surface area contributed by atoms with Gasteiger partial charge in [0, 0.05) is 41.4 Å². The van der Waals surface area contributed by atoms with Gasteiger partial charge in [0.15, 0.2) is 0 Å². The molecule has 0 unspecified atom stereocenters. The van der Waals surface area contributed by atoms with Crippen LogP contribution >= 0.6 is 0 Å². The van der Waals surface area contributed by atoms with E-state index in [0.717, 1.165) is 72.6 Å². The van der Waals surface area contributed by atoms with E-state index in [1.54, 1.807) is 0 Å². The first-order chi connectivity index (χ1) is 32.7. The van der Waals surface area contributed by atoms with Crippen molar-refractivity contribution in [2.75, 3.05) is 0 Å². The molecule has 0 saturated heterocycles. The Kier molecular flexibility index (Phi) is 12.4. The molecule has 9 aromatic rings. The molecule has 0 saturated carbocycles. The Morgan fingerprint density at radius 2 is 1.13 bits per heavy atom. The van der Waals surface area contributed by atoms with Crippen LogP contribution in [-0.4, -0.2) is 15.6 Å². The minimum atomic E-state index is -0.0657. The summed E-state index contributed by atoms with van der Waals surface area (Å²) in [6.07, 6.45) is 1.91. The molecule has 10 rings (SSSR count). The monoisotopic (exact) mass is 1100 g/mol. The topological polar surface area (TPSA) is 33.1 Å². The van der Waals surface area contributed by atoms with E-state index in [9.17, 15) is 0 Å². The smallest absolute Gasteiger partial charge is 0.509 e. The summed E-state index contributed by atoms with van der Waals surface area (Å²) < 4.78 is 13.4. The van der Waals surface area contributed by atoms with Gasteiger partial charge in [0.05, 0.1) is 5.56 Å². The van der Waals surface area contributed by atoms with E-state index in [4.69, 9.17) is 9.72 Å². The molecule has 5 nitrogen and oxygen atoms in total. The molecule has 0 amide bonds. The van der Waals surface area contributed by atoms with Crippen molar-refractivity contribution in [3.63, 3.8) is 0 Å². The second-order valence-corrected chi connectivity index (χ2v) is 22.7. The Morgan fingerprint density at radius 1 is 0.514 bits per heavy atom. The molecule has 3 heterocycles. The minimum absolute atomic E-state index is 0. The molecule has 2 aromatic heterocycles. The fourth-order valence-corrected chi connectivity index (χ4v) is 9.39. The predicted octanol–water partition coefficient (Wildman–Crippen LogP) is 16.9. The first-order valence-corrected chi connectivity index (χ1v) is 24.2. The van der Waals surface area contributed by atoms with Gasteiger partial charge in [-0.3, -0.25) is 0 Å². The second kappa shape index (κ2) is 18.0. The first kappa shape index (κ1) is 48.4. The molecular formula is C64H62N4OPt+2. The molecule has 0 atom stereocenters. The Balaban J connectivity index is 0.00000608. The predicted molar refractivity (Wildman–Crippen MR) is 289 cm³/mol. The van der Waals surface area contributed by atoms with Gasteiger partial charge < -0.3 is 9.30 Å². The Bertz CT molecular complexity index is 3510. The Labute approximate surface area is 429 Å². The van der Waals surface area contributed by atoms with Crippen molar-refractivity contribution < 1.29 is 25.8 Å². The van der Waals surface area contributed by atoms with Crippen molar-refractivity contribution in [1.82, 2.24) is 18.7 Å². The van der Waals surface area contributed by atoms with E-state index in [2.05, 4.69) is 248 Å². The van der Waals surface area contributed by atoms with Crippen molar-refractivity contribution in [1.29, 1.82) is 0 Å². The first-order valence-electron chi connectivity index (χ1n) is 24.2. The summed E-state index contributed by atoms with van der Waals surface area (Å²) >= 11 is 0. The Hall–Kier alpha value is -6.64. The number of benzene rings is 7. The van der Waals surface area contributed by atoms with E-state index in [1.165, 1.54) is 22.3 Å². The van der Waals surface area contributed by atoms with Crippen LogP contribution in [0.5, 0.6) is 11.5 Å². The summed E-state index contributed by atoms with van der Waals surface area (Å²) in [4.78, 5) is 4.97. The van der Waals surface area contributed by atoms with E-state index in [1.807, 2.05) is 24.4 Å². The zero-order chi connectivity index (χ0) is 48.6. The van der Waals surface area contributed by atoms with Crippen LogP contribution in [0.15, 0.2) is 158 Å². The van der Waals surface area contributed by atoms with Crippen LogP contribution in [0.4, 0.5) is 22.7 Å². The summed E-state index contributed by atoms with van der Waals surface area (Å²) in [5, 5.41) is 2.22. The van der Waals surface area contributed by atoms with Gasteiger partial charge in [0.1, 0.15) is 11.5 Å². The van der Waals surface area contributed by atoms with Crippen molar-refractivity contribution in [3.8, 4) is 39.6 Å². The summed E-state index contributed by atoms with van der Waals surface area (Å²) in [7, 11) is 0. The molecule has 1 aliphatic heterocycles. The third-order valence-corrected chi connectivity index (χ3v) is 13.4. The van der Waals surface area contributed by atoms with Gasteiger partial charge in [0.2, 0.25) is 5.69 Å². The number of rotatable bonds is 7. The molecule has 70 heavy (non-hydrogen) atoms. The van der Waals surface area contributed by atoms with E-state index in [-0.39, 0.29) is 42.7 Å². The average molecular weight is 1100 g/mol. The number of pyridine rings is 1. The van der Waals surface area contributed by atoms with Gasteiger partial charge in [-0.25, -0.2) is 4.98 Å². The molecule has 0 spiro atoms. The fraction of sp³-hybridized carbons (Fsp3) is 0.250. The minimum Gasteiger partial charge on any atom is -0.509 e. The van der Waals surface area contributed by atoms with Crippen LogP contribution in [0.25, 0.3) is 49.9 Å². The molecule has 1 aliphatic rings. The number of para-hydroxylation sites is 1. The van der Waals surface area contributed by atoms with Crippen molar-refractivity contribution in [3.05, 3.63) is 192 Å². The molecule has 352 valence electrons. The van der Waals surface area contributed by atoms with Gasteiger partial charge in [-0.2, -0.15) is 12.1 Å². The second-order valence-electron chi connectivity index (χ2n) is 22.7. The SMILES string of the molecule is CC(C)(C)c1cccc(-c2cccc3c2[N+](c2cc(C(C)(C)C)cc(C(C)(C)C)c2)=C=[N+]3c2[c-]c(Oc3[c-]c4c(cc3)c3c(-c5ccccc5)cccc3n4-c3cc(C(C)(C)C)ccn3)ccc2)c1.[Pt+2]. The van der Waals surface area contributed by atoms with Crippen LogP contribution < -0.4 is 13.9 Å². The third-order valence-electron chi connectivity index (χ3n) is 13.4. The zero-order valence-corrected chi connectivity index (χ0v) is 44.8. The summed E-state index contributed by atoms with van der Waals surface area (Å²) in [5.74, 6) is 1.99. The van der Waals surface area contributed by atoms with Gasteiger partial charge >= 0.3 is 32.8 Å². The number of ether oxygens (including phenoxy) is 1. The fourth-order valence-electron chi connectivity index (χ4n) is 9.39. The van der Waals surface area contributed by atoms with Gasteiger partial charge in [-0.15, -0.1) is 23.6 Å². The number of hydrogen-bond donors (Lipinski definition) is 0. The van der Waals surface area contributed by atoms with Crippen LogP contribution in [0.3, 0.4) is 0 Å². The van der Waals surface area contributed by atoms with Crippen LogP contribution in [0.1, 0.15) is 105 Å². The van der Waals surface area contributed by atoms with E-state index in [0.29, 0.717) is 11.5 Å². The average Bonchev–Trinajstić information content (AvgIpc) is 3.87. The maximum absolute atomic E-state index is 6.80. The maximum atomic E-state index is 6.80. The number of nitrogens with zero attached hydrogens (tertiary/aromatic N) is 4. The van der Waals surface area contributed by atoms with Crippen LogP contribution in [-0.2, 0) is 42.7 Å². The zero-order valence-electron chi connectivity index (χ0n) is 42.5. The van der Waals surface area contributed by atoms with E-state index >= 15 is 0 Å².